The van der Waals surface area contributed by atoms with Crippen LogP contribution in [0.5, 0.6) is 0 Å². The molecule has 126 valence electrons. The van der Waals surface area contributed by atoms with Crippen LogP contribution in [-0.4, -0.2) is 48.3 Å². The Balaban J connectivity index is 1.49. The molecule has 1 aromatic heterocycles. The standard InChI is InChI=1S/C18H19FN2O3/c19-16-8-15(9-20-10-16)18(22)24-13-17-12-21(6-7-23-17)11-14-4-2-1-3-5-14/h1-5,8-10,17H,6-7,11-13H2/t17-/m1/s1. The van der Waals surface area contributed by atoms with Gasteiger partial charge >= 0.3 is 5.97 Å². The number of ether oxygens (including phenoxy) is 2. The topological polar surface area (TPSA) is 51.7 Å². The van der Waals surface area contributed by atoms with Gasteiger partial charge in [-0.25, -0.2) is 9.18 Å². The molecular formula is C18H19FN2O3. The summed E-state index contributed by atoms with van der Waals surface area (Å²) >= 11 is 0. The van der Waals surface area contributed by atoms with E-state index < -0.39 is 11.8 Å². The lowest BCUT2D eigenvalue weighted by molar-refractivity contribution is -0.0612. The highest BCUT2D eigenvalue weighted by Gasteiger charge is 2.22. The zero-order valence-corrected chi connectivity index (χ0v) is 13.2. The van der Waals surface area contributed by atoms with Gasteiger partial charge in [0, 0.05) is 25.8 Å². The number of rotatable bonds is 5. The number of hydrogen-bond acceptors (Lipinski definition) is 5. The molecule has 3 rings (SSSR count). The quantitative estimate of drug-likeness (QED) is 0.787. The first-order valence-corrected chi connectivity index (χ1v) is 7.86. The molecule has 1 fully saturated rings. The third kappa shape index (κ3) is 4.59. The Hall–Kier alpha value is -2.31. The zero-order valence-electron chi connectivity index (χ0n) is 13.2. The van der Waals surface area contributed by atoms with E-state index >= 15 is 0 Å². The van der Waals surface area contributed by atoms with Gasteiger partial charge < -0.3 is 9.47 Å². The molecule has 0 saturated carbocycles. The Labute approximate surface area is 140 Å². The third-order valence-corrected chi connectivity index (χ3v) is 3.81. The predicted molar refractivity (Wildman–Crippen MR) is 85.9 cm³/mol. The summed E-state index contributed by atoms with van der Waals surface area (Å²) in [6.07, 6.45) is 2.14. The summed E-state index contributed by atoms with van der Waals surface area (Å²) in [5.74, 6) is -1.15. The lowest BCUT2D eigenvalue weighted by Crippen LogP contribution is -2.44. The highest BCUT2D eigenvalue weighted by atomic mass is 19.1. The largest absolute Gasteiger partial charge is 0.459 e. The van der Waals surface area contributed by atoms with Crippen molar-refractivity contribution in [3.05, 3.63) is 65.7 Å². The van der Waals surface area contributed by atoms with Crippen LogP contribution in [0.15, 0.2) is 48.8 Å². The van der Waals surface area contributed by atoms with E-state index in [0.717, 1.165) is 25.4 Å². The van der Waals surface area contributed by atoms with Crippen LogP contribution in [0.25, 0.3) is 0 Å². The number of benzene rings is 1. The van der Waals surface area contributed by atoms with Crippen LogP contribution in [0, 0.1) is 5.82 Å². The number of aromatic nitrogens is 1. The molecule has 1 atom stereocenters. The second kappa shape index (κ2) is 7.99. The van der Waals surface area contributed by atoms with Crippen molar-refractivity contribution in [1.82, 2.24) is 9.88 Å². The molecule has 2 heterocycles. The van der Waals surface area contributed by atoms with Gasteiger partial charge in [0.25, 0.3) is 0 Å². The Kier molecular flexibility index (Phi) is 5.51. The summed E-state index contributed by atoms with van der Waals surface area (Å²) in [5.41, 5.74) is 1.34. The second-order valence-electron chi connectivity index (χ2n) is 5.70. The normalized spacial score (nSPS) is 18.3. The molecule has 0 radical (unpaired) electrons. The van der Waals surface area contributed by atoms with Crippen LogP contribution in [0.4, 0.5) is 4.39 Å². The van der Waals surface area contributed by atoms with Crippen molar-refractivity contribution in [3.8, 4) is 0 Å². The number of carbonyl (C=O) groups excluding carboxylic acids is 1. The van der Waals surface area contributed by atoms with Gasteiger partial charge in [-0.3, -0.25) is 9.88 Å². The monoisotopic (exact) mass is 330 g/mol. The summed E-state index contributed by atoms with van der Waals surface area (Å²) < 4.78 is 24.0. The minimum atomic E-state index is -0.592. The van der Waals surface area contributed by atoms with Gasteiger partial charge in [0.05, 0.1) is 18.4 Å². The molecule has 1 aliphatic rings. The molecule has 0 N–H and O–H groups in total. The van der Waals surface area contributed by atoms with Gasteiger partial charge in [-0.1, -0.05) is 30.3 Å². The number of esters is 1. The molecule has 24 heavy (non-hydrogen) atoms. The third-order valence-electron chi connectivity index (χ3n) is 3.81. The summed E-state index contributed by atoms with van der Waals surface area (Å²) in [6.45, 7) is 3.09. The molecule has 1 aromatic carbocycles. The van der Waals surface area contributed by atoms with Crippen LogP contribution in [0.2, 0.25) is 0 Å². The maximum Gasteiger partial charge on any atom is 0.339 e. The fourth-order valence-corrected chi connectivity index (χ4v) is 2.64. The minimum absolute atomic E-state index is 0.104. The van der Waals surface area contributed by atoms with E-state index in [1.54, 1.807) is 0 Å². The molecule has 0 amide bonds. The smallest absolute Gasteiger partial charge is 0.339 e. The van der Waals surface area contributed by atoms with Gasteiger partial charge in [0.2, 0.25) is 0 Å². The second-order valence-corrected chi connectivity index (χ2v) is 5.70. The average molecular weight is 330 g/mol. The lowest BCUT2D eigenvalue weighted by atomic mass is 10.2. The summed E-state index contributed by atoms with van der Waals surface area (Å²) in [7, 11) is 0. The molecule has 0 spiro atoms. The summed E-state index contributed by atoms with van der Waals surface area (Å²) in [4.78, 5) is 17.8. The van der Waals surface area contributed by atoms with Crippen molar-refractivity contribution in [3.63, 3.8) is 0 Å². The first-order valence-electron chi connectivity index (χ1n) is 7.86. The average Bonchev–Trinajstić information content (AvgIpc) is 2.61. The molecule has 6 heteroatoms. The van der Waals surface area contributed by atoms with E-state index in [1.807, 2.05) is 18.2 Å². The molecule has 1 saturated heterocycles. The van der Waals surface area contributed by atoms with Gasteiger partial charge in [0.15, 0.2) is 0 Å². The summed E-state index contributed by atoms with van der Waals surface area (Å²) in [6, 6.07) is 11.3. The van der Waals surface area contributed by atoms with Gasteiger partial charge in [-0.2, -0.15) is 0 Å². The molecule has 1 aliphatic heterocycles. The molecule has 0 aliphatic carbocycles. The Morgan fingerprint density at radius 3 is 2.96 bits per heavy atom. The maximum absolute atomic E-state index is 13.1. The van der Waals surface area contributed by atoms with Crippen molar-refractivity contribution < 1.29 is 18.7 Å². The van der Waals surface area contributed by atoms with E-state index in [0.29, 0.717) is 13.2 Å². The molecule has 2 aromatic rings. The zero-order chi connectivity index (χ0) is 16.8. The van der Waals surface area contributed by atoms with Crippen LogP contribution >= 0.6 is 0 Å². The fourth-order valence-electron chi connectivity index (χ4n) is 2.64. The number of halogens is 1. The van der Waals surface area contributed by atoms with Crippen molar-refractivity contribution in [2.45, 2.75) is 12.6 Å². The number of nitrogens with zero attached hydrogens (tertiary/aromatic N) is 2. The number of hydrogen-bond donors (Lipinski definition) is 0. The van der Waals surface area contributed by atoms with E-state index in [-0.39, 0.29) is 18.3 Å². The van der Waals surface area contributed by atoms with Gasteiger partial charge in [-0.05, 0) is 11.6 Å². The predicted octanol–water partition coefficient (Wildman–Crippen LogP) is 2.28. The molecular weight excluding hydrogens is 311 g/mol. The van der Waals surface area contributed by atoms with E-state index in [9.17, 15) is 9.18 Å². The van der Waals surface area contributed by atoms with Crippen LogP contribution in [0.1, 0.15) is 15.9 Å². The molecule has 0 unspecified atom stereocenters. The molecule has 5 nitrogen and oxygen atoms in total. The van der Waals surface area contributed by atoms with Crippen molar-refractivity contribution >= 4 is 5.97 Å². The SMILES string of the molecule is O=C(OC[C@H]1CN(Cc2ccccc2)CCO1)c1cncc(F)c1. The highest BCUT2D eigenvalue weighted by Crippen LogP contribution is 2.11. The Morgan fingerprint density at radius 1 is 1.33 bits per heavy atom. The van der Waals surface area contributed by atoms with E-state index in [1.165, 1.54) is 11.8 Å². The Bertz CT molecular complexity index is 681. The Morgan fingerprint density at radius 2 is 2.17 bits per heavy atom. The van der Waals surface area contributed by atoms with E-state index in [2.05, 4.69) is 22.0 Å². The number of pyridine rings is 1. The first-order chi connectivity index (χ1) is 11.7. The highest BCUT2D eigenvalue weighted by molar-refractivity contribution is 5.88. The first kappa shape index (κ1) is 16.5. The number of morpholine rings is 1. The summed E-state index contributed by atoms with van der Waals surface area (Å²) in [5, 5.41) is 0. The van der Waals surface area contributed by atoms with E-state index in [4.69, 9.17) is 9.47 Å². The fraction of sp³-hybridized carbons (Fsp3) is 0.333. The van der Waals surface area contributed by atoms with Gasteiger partial charge in [-0.15, -0.1) is 0 Å². The lowest BCUT2D eigenvalue weighted by Gasteiger charge is -2.32. The molecule has 0 bridgehead atoms. The maximum atomic E-state index is 13.1. The minimum Gasteiger partial charge on any atom is -0.459 e. The van der Waals surface area contributed by atoms with Crippen molar-refractivity contribution in [2.75, 3.05) is 26.3 Å². The van der Waals surface area contributed by atoms with Gasteiger partial charge in [0.1, 0.15) is 18.5 Å². The number of carbonyl (C=O) groups is 1. The van der Waals surface area contributed by atoms with Crippen LogP contribution < -0.4 is 0 Å². The van der Waals surface area contributed by atoms with Crippen LogP contribution in [-0.2, 0) is 16.0 Å². The van der Waals surface area contributed by atoms with Crippen LogP contribution in [0.3, 0.4) is 0 Å². The van der Waals surface area contributed by atoms with Crippen molar-refractivity contribution in [2.24, 2.45) is 0 Å². The van der Waals surface area contributed by atoms with Crippen molar-refractivity contribution in [1.29, 1.82) is 0 Å².